The maximum atomic E-state index is 11.0. The summed E-state index contributed by atoms with van der Waals surface area (Å²) in [6, 6.07) is 1.04. The first-order valence-electron chi connectivity index (χ1n) is 6.27. The molecule has 108 valence electrons. The summed E-state index contributed by atoms with van der Waals surface area (Å²) < 4.78 is 0. The quantitative estimate of drug-likeness (QED) is 0.634. The molecule has 0 aliphatic carbocycles. The molecule has 1 aromatic rings. The van der Waals surface area contributed by atoms with Gasteiger partial charge in [-0.15, -0.1) is 0 Å². The lowest BCUT2D eigenvalue weighted by molar-refractivity contribution is -0.384. The molecule has 1 aliphatic heterocycles. The molecule has 8 heteroatoms. The fourth-order valence-electron chi connectivity index (χ4n) is 2.04. The molecule has 1 fully saturated rings. The summed E-state index contributed by atoms with van der Waals surface area (Å²) >= 11 is 1.92. The van der Waals surface area contributed by atoms with Crippen LogP contribution in [0.15, 0.2) is 12.3 Å². The molecule has 2 rings (SSSR count). The predicted molar refractivity (Wildman–Crippen MR) is 76.4 cm³/mol. The van der Waals surface area contributed by atoms with E-state index < -0.39 is 10.9 Å². The monoisotopic (exact) mass is 297 g/mol. The van der Waals surface area contributed by atoms with Crippen LogP contribution in [0, 0.1) is 16.0 Å². The molecular formula is C12H15N3O4S. The fraction of sp³-hybridized carbons (Fsp3) is 0.500. The lowest BCUT2D eigenvalue weighted by Crippen LogP contribution is -2.20. The van der Waals surface area contributed by atoms with Crippen LogP contribution in [0.5, 0.6) is 0 Å². The largest absolute Gasteiger partial charge is 0.478 e. The third-order valence-corrected chi connectivity index (χ3v) is 4.26. The molecule has 7 nitrogen and oxygen atoms in total. The number of rotatable bonds is 5. The topological polar surface area (TPSA) is 105 Å². The number of anilines is 1. The molecule has 0 amide bonds. The molecule has 0 aromatic carbocycles. The van der Waals surface area contributed by atoms with E-state index >= 15 is 0 Å². The van der Waals surface area contributed by atoms with Crippen LogP contribution < -0.4 is 5.32 Å². The van der Waals surface area contributed by atoms with E-state index in [-0.39, 0.29) is 17.1 Å². The van der Waals surface area contributed by atoms with Gasteiger partial charge in [-0.3, -0.25) is 10.1 Å². The molecule has 0 atom stereocenters. The number of carbonyl (C=O) groups is 1. The van der Waals surface area contributed by atoms with Crippen molar-refractivity contribution in [1.82, 2.24) is 4.98 Å². The summed E-state index contributed by atoms with van der Waals surface area (Å²) in [4.78, 5) is 25.0. The highest BCUT2D eigenvalue weighted by atomic mass is 32.2. The molecule has 0 saturated carbocycles. The van der Waals surface area contributed by atoms with E-state index in [4.69, 9.17) is 5.11 Å². The van der Waals surface area contributed by atoms with Crippen molar-refractivity contribution >= 4 is 29.2 Å². The number of nitrogens with one attached hydrogen (secondary N) is 1. The van der Waals surface area contributed by atoms with E-state index in [9.17, 15) is 14.9 Å². The second kappa shape index (κ2) is 6.56. The Kier molecular flexibility index (Phi) is 4.78. The van der Waals surface area contributed by atoms with Crippen molar-refractivity contribution in [2.75, 3.05) is 23.4 Å². The van der Waals surface area contributed by atoms with Gasteiger partial charge in [0.1, 0.15) is 0 Å². The average Bonchev–Trinajstić information content (AvgIpc) is 2.45. The zero-order chi connectivity index (χ0) is 14.5. The summed E-state index contributed by atoms with van der Waals surface area (Å²) in [7, 11) is 0. The first-order chi connectivity index (χ1) is 9.58. The highest BCUT2D eigenvalue weighted by Crippen LogP contribution is 2.26. The van der Waals surface area contributed by atoms with Gasteiger partial charge in [0.25, 0.3) is 0 Å². The Labute approximate surface area is 119 Å². The van der Waals surface area contributed by atoms with Crippen LogP contribution in [-0.4, -0.2) is 39.0 Å². The molecule has 0 bridgehead atoms. The number of thioether (sulfide) groups is 1. The Morgan fingerprint density at radius 2 is 2.25 bits per heavy atom. The zero-order valence-electron chi connectivity index (χ0n) is 10.7. The van der Waals surface area contributed by atoms with Crippen LogP contribution in [0.2, 0.25) is 0 Å². The smallest absolute Gasteiger partial charge is 0.337 e. The molecular weight excluding hydrogens is 282 g/mol. The Balaban J connectivity index is 2.09. The van der Waals surface area contributed by atoms with Crippen molar-refractivity contribution in [3.05, 3.63) is 27.9 Å². The number of hydrogen-bond acceptors (Lipinski definition) is 6. The van der Waals surface area contributed by atoms with Crippen molar-refractivity contribution in [3.63, 3.8) is 0 Å². The third-order valence-electron chi connectivity index (χ3n) is 3.21. The van der Waals surface area contributed by atoms with E-state index in [2.05, 4.69) is 10.3 Å². The van der Waals surface area contributed by atoms with E-state index in [1.165, 1.54) is 0 Å². The second-order valence-electron chi connectivity index (χ2n) is 4.59. The molecule has 0 unspecified atom stereocenters. The second-order valence-corrected chi connectivity index (χ2v) is 5.82. The van der Waals surface area contributed by atoms with Gasteiger partial charge in [-0.05, 0) is 30.3 Å². The van der Waals surface area contributed by atoms with Crippen molar-refractivity contribution in [2.24, 2.45) is 5.92 Å². The van der Waals surface area contributed by atoms with Crippen molar-refractivity contribution in [2.45, 2.75) is 12.8 Å². The summed E-state index contributed by atoms with van der Waals surface area (Å²) in [5.41, 5.74) is -0.480. The minimum atomic E-state index is -1.23. The van der Waals surface area contributed by atoms with E-state index in [1.807, 2.05) is 11.8 Å². The lowest BCUT2D eigenvalue weighted by Gasteiger charge is -2.21. The van der Waals surface area contributed by atoms with E-state index in [0.29, 0.717) is 12.5 Å². The van der Waals surface area contributed by atoms with Crippen LogP contribution >= 0.6 is 11.8 Å². The van der Waals surface area contributed by atoms with Crippen LogP contribution in [0.1, 0.15) is 23.2 Å². The van der Waals surface area contributed by atoms with Gasteiger partial charge in [-0.2, -0.15) is 11.8 Å². The maximum Gasteiger partial charge on any atom is 0.337 e. The van der Waals surface area contributed by atoms with Gasteiger partial charge >= 0.3 is 11.7 Å². The average molecular weight is 297 g/mol. The molecule has 1 aromatic heterocycles. The van der Waals surface area contributed by atoms with Crippen LogP contribution in [0.25, 0.3) is 0 Å². The highest BCUT2D eigenvalue weighted by molar-refractivity contribution is 7.99. The number of hydrogen-bond donors (Lipinski definition) is 2. The Bertz CT molecular complexity index is 517. The molecule has 2 heterocycles. The van der Waals surface area contributed by atoms with Crippen molar-refractivity contribution < 1.29 is 14.8 Å². The number of nitrogens with zero attached hydrogens (tertiary/aromatic N) is 2. The van der Waals surface area contributed by atoms with Gasteiger partial charge in [0.15, 0.2) is 0 Å². The van der Waals surface area contributed by atoms with Crippen LogP contribution in [0.3, 0.4) is 0 Å². The van der Waals surface area contributed by atoms with E-state index in [1.54, 1.807) is 0 Å². The van der Waals surface area contributed by atoms with Gasteiger partial charge in [0.2, 0.25) is 5.82 Å². The number of nitro groups is 1. The Morgan fingerprint density at radius 1 is 1.55 bits per heavy atom. The van der Waals surface area contributed by atoms with Gasteiger partial charge in [0, 0.05) is 18.8 Å². The number of aromatic nitrogens is 1. The van der Waals surface area contributed by atoms with Crippen LogP contribution in [-0.2, 0) is 0 Å². The van der Waals surface area contributed by atoms with Gasteiger partial charge in [0.05, 0.1) is 10.5 Å². The molecule has 0 radical (unpaired) electrons. The van der Waals surface area contributed by atoms with Gasteiger partial charge in [-0.1, -0.05) is 0 Å². The SMILES string of the molecule is O=C(O)c1cnc(NCC2CCSCC2)c([N+](=O)[O-])c1. The lowest BCUT2D eigenvalue weighted by atomic mass is 10.0. The minimum Gasteiger partial charge on any atom is -0.478 e. The summed E-state index contributed by atoms with van der Waals surface area (Å²) in [5, 5.41) is 22.8. The Hall–Kier alpha value is -1.83. The first kappa shape index (κ1) is 14.6. The fourth-order valence-corrected chi connectivity index (χ4v) is 3.24. The minimum absolute atomic E-state index is 0.137. The molecule has 2 N–H and O–H groups in total. The standard InChI is InChI=1S/C12H15N3O4S/c16-12(17)9-5-10(15(18)19)11(14-7-9)13-6-8-1-3-20-4-2-8/h5,7-8H,1-4,6H2,(H,13,14)(H,16,17). The van der Waals surface area contributed by atoms with Crippen molar-refractivity contribution in [1.29, 1.82) is 0 Å². The van der Waals surface area contributed by atoms with E-state index in [0.717, 1.165) is 36.6 Å². The van der Waals surface area contributed by atoms with Gasteiger partial charge in [-0.25, -0.2) is 9.78 Å². The van der Waals surface area contributed by atoms with Gasteiger partial charge < -0.3 is 10.4 Å². The molecule has 1 saturated heterocycles. The Morgan fingerprint density at radius 3 is 2.85 bits per heavy atom. The number of aromatic carboxylic acids is 1. The predicted octanol–water partition coefficient (Wildman–Crippen LogP) is 2.24. The summed E-state index contributed by atoms with van der Waals surface area (Å²) in [6.45, 7) is 0.626. The highest BCUT2D eigenvalue weighted by Gasteiger charge is 2.20. The van der Waals surface area contributed by atoms with Crippen LogP contribution in [0.4, 0.5) is 11.5 Å². The normalized spacial score (nSPS) is 15.8. The molecule has 20 heavy (non-hydrogen) atoms. The summed E-state index contributed by atoms with van der Waals surface area (Å²) in [5.74, 6) is 1.62. The molecule has 0 spiro atoms. The third kappa shape index (κ3) is 3.60. The number of carboxylic acids is 1. The maximum absolute atomic E-state index is 11.0. The van der Waals surface area contributed by atoms with Crippen molar-refractivity contribution in [3.8, 4) is 0 Å². The zero-order valence-corrected chi connectivity index (χ0v) is 11.6. The number of carboxylic acid groups (broad SMARTS) is 1. The summed E-state index contributed by atoms with van der Waals surface area (Å²) in [6.07, 6.45) is 3.30. The molecule has 1 aliphatic rings. The number of pyridine rings is 1. The first-order valence-corrected chi connectivity index (χ1v) is 7.42.